The van der Waals surface area contributed by atoms with E-state index >= 15 is 0 Å². The zero-order valence-corrected chi connectivity index (χ0v) is 15.5. The molecule has 3 rings (SSSR count). The van der Waals surface area contributed by atoms with Crippen LogP contribution >= 0.6 is 11.6 Å². The average Bonchev–Trinajstić information content (AvgIpc) is 3.13. The van der Waals surface area contributed by atoms with Crippen molar-refractivity contribution < 1.29 is 22.7 Å². The minimum absolute atomic E-state index is 0.00803. The van der Waals surface area contributed by atoms with Crippen LogP contribution in [0.15, 0.2) is 59.1 Å². The van der Waals surface area contributed by atoms with Gasteiger partial charge in [0.15, 0.2) is 11.7 Å². The highest BCUT2D eigenvalue weighted by Crippen LogP contribution is 2.29. The van der Waals surface area contributed by atoms with Crippen molar-refractivity contribution in [2.75, 3.05) is 5.32 Å². The number of hydrogen-bond acceptors (Lipinski definition) is 4. The molecule has 5 nitrogen and oxygen atoms in total. The second-order valence-electron chi connectivity index (χ2n) is 5.91. The van der Waals surface area contributed by atoms with Crippen LogP contribution in [0.5, 0.6) is 5.75 Å². The van der Waals surface area contributed by atoms with Crippen LogP contribution in [-0.4, -0.2) is 17.5 Å². The highest BCUT2D eigenvalue weighted by molar-refractivity contribution is 6.32. The van der Waals surface area contributed by atoms with Crippen molar-refractivity contribution in [3.05, 3.63) is 65.6 Å². The molecule has 0 atom stereocenters. The quantitative estimate of drug-likeness (QED) is 0.532. The van der Waals surface area contributed by atoms with Gasteiger partial charge < -0.3 is 14.5 Å². The number of oxazole rings is 1. The number of ether oxygens (including phenoxy) is 1. The molecule has 0 aliphatic heterocycles. The summed E-state index contributed by atoms with van der Waals surface area (Å²) in [7, 11) is 0. The van der Waals surface area contributed by atoms with Crippen molar-refractivity contribution in [3.8, 4) is 17.1 Å². The predicted octanol–water partition coefficient (Wildman–Crippen LogP) is 5.56. The lowest BCUT2D eigenvalue weighted by atomic mass is 10.2. The Kier molecular flexibility index (Phi) is 6.60. The number of alkyl halides is 2. The molecule has 0 aliphatic rings. The summed E-state index contributed by atoms with van der Waals surface area (Å²) in [5.41, 5.74) is 1.34. The second-order valence-corrected chi connectivity index (χ2v) is 6.32. The van der Waals surface area contributed by atoms with Crippen molar-refractivity contribution in [1.82, 2.24) is 4.98 Å². The van der Waals surface area contributed by atoms with E-state index in [1.165, 1.54) is 18.2 Å². The molecule has 28 heavy (non-hydrogen) atoms. The van der Waals surface area contributed by atoms with Crippen molar-refractivity contribution in [2.45, 2.75) is 25.9 Å². The van der Waals surface area contributed by atoms with Gasteiger partial charge in [-0.1, -0.05) is 41.9 Å². The molecule has 0 bridgehead atoms. The molecule has 146 valence electrons. The van der Waals surface area contributed by atoms with Crippen molar-refractivity contribution in [2.24, 2.45) is 0 Å². The number of aromatic nitrogens is 1. The largest absolute Gasteiger partial charge is 0.441 e. The Balaban J connectivity index is 1.47. The summed E-state index contributed by atoms with van der Waals surface area (Å²) in [5, 5.41) is 2.66. The maximum atomic E-state index is 12.2. The minimum Gasteiger partial charge on any atom is -0.441 e. The molecule has 0 spiro atoms. The first-order chi connectivity index (χ1) is 13.5. The minimum atomic E-state index is -2.96. The fourth-order valence-electron chi connectivity index (χ4n) is 2.56. The van der Waals surface area contributed by atoms with Crippen LogP contribution in [0.1, 0.15) is 18.7 Å². The molecular weight excluding hydrogens is 390 g/mol. The Labute approximate surface area is 165 Å². The summed E-state index contributed by atoms with van der Waals surface area (Å²) in [6.07, 6.45) is 2.97. The van der Waals surface area contributed by atoms with Gasteiger partial charge in [0.05, 0.1) is 11.2 Å². The second kappa shape index (κ2) is 9.32. The first-order valence-electron chi connectivity index (χ1n) is 8.55. The van der Waals surface area contributed by atoms with Gasteiger partial charge in [-0.2, -0.15) is 8.78 Å². The molecule has 0 aliphatic carbocycles. The number of carbonyl (C=O) groups is 1. The number of nitrogens with one attached hydrogen (secondary N) is 1. The van der Waals surface area contributed by atoms with Crippen LogP contribution in [-0.2, 0) is 11.2 Å². The van der Waals surface area contributed by atoms with Crippen LogP contribution in [0, 0.1) is 0 Å². The van der Waals surface area contributed by atoms with Gasteiger partial charge in [-0.15, -0.1) is 0 Å². The van der Waals surface area contributed by atoms with Crippen molar-refractivity contribution in [1.29, 1.82) is 0 Å². The highest BCUT2D eigenvalue weighted by atomic mass is 35.5. The fraction of sp³-hybridized carbons (Fsp3) is 0.200. The Bertz CT molecular complexity index is 932. The Morgan fingerprint density at radius 2 is 2.00 bits per heavy atom. The Morgan fingerprint density at radius 3 is 2.71 bits per heavy atom. The van der Waals surface area contributed by atoms with E-state index in [-0.39, 0.29) is 23.1 Å². The lowest BCUT2D eigenvalue weighted by Gasteiger charge is -2.09. The summed E-state index contributed by atoms with van der Waals surface area (Å²) in [5.74, 6) is 0.866. The normalized spacial score (nSPS) is 10.9. The van der Waals surface area contributed by atoms with E-state index in [1.807, 2.05) is 30.3 Å². The number of benzene rings is 2. The molecule has 0 saturated carbocycles. The molecule has 1 N–H and O–H groups in total. The molecule has 0 saturated heterocycles. The SMILES string of the molecule is O=C(CCCc1ncc(-c2ccccc2)o1)Nc1ccc(OC(F)F)c(Cl)c1. The molecule has 1 aromatic heterocycles. The van der Waals surface area contributed by atoms with Gasteiger partial charge in [0.1, 0.15) is 5.75 Å². The molecular formula is C20H17ClF2N2O3. The van der Waals surface area contributed by atoms with E-state index in [0.29, 0.717) is 30.2 Å². The number of nitrogens with zero attached hydrogens (tertiary/aromatic N) is 1. The summed E-state index contributed by atoms with van der Waals surface area (Å²) in [6, 6.07) is 13.7. The topological polar surface area (TPSA) is 64.4 Å². The van der Waals surface area contributed by atoms with Crippen LogP contribution < -0.4 is 10.1 Å². The highest BCUT2D eigenvalue weighted by Gasteiger charge is 2.11. The monoisotopic (exact) mass is 406 g/mol. The van der Waals surface area contributed by atoms with Gasteiger partial charge in [0, 0.05) is 24.1 Å². The lowest BCUT2D eigenvalue weighted by molar-refractivity contribution is -0.116. The first-order valence-corrected chi connectivity index (χ1v) is 8.93. The van der Waals surface area contributed by atoms with Crippen LogP contribution in [0.25, 0.3) is 11.3 Å². The molecule has 2 aromatic carbocycles. The number of rotatable bonds is 8. The van der Waals surface area contributed by atoms with Crippen molar-refractivity contribution >= 4 is 23.2 Å². The van der Waals surface area contributed by atoms with Gasteiger partial charge in [-0.05, 0) is 24.6 Å². The molecule has 0 fully saturated rings. The van der Waals surface area contributed by atoms with E-state index < -0.39 is 6.61 Å². The Morgan fingerprint density at radius 1 is 1.21 bits per heavy atom. The molecule has 0 unspecified atom stereocenters. The molecule has 1 amide bonds. The van der Waals surface area contributed by atoms with Crippen LogP contribution in [0.3, 0.4) is 0 Å². The zero-order valence-electron chi connectivity index (χ0n) is 14.7. The van der Waals surface area contributed by atoms with Crippen LogP contribution in [0.4, 0.5) is 14.5 Å². The lowest BCUT2D eigenvalue weighted by Crippen LogP contribution is -2.11. The van der Waals surface area contributed by atoms with Gasteiger partial charge in [0.25, 0.3) is 0 Å². The number of carbonyl (C=O) groups excluding carboxylic acids is 1. The molecule has 1 heterocycles. The van der Waals surface area contributed by atoms with E-state index in [4.69, 9.17) is 16.0 Å². The zero-order chi connectivity index (χ0) is 19.9. The number of anilines is 1. The maximum Gasteiger partial charge on any atom is 0.387 e. The molecule has 3 aromatic rings. The fourth-order valence-corrected chi connectivity index (χ4v) is 2.78. The standard InChI is InChI=1S/C20H17ClF2N2O3/c21-15-11-14(9-10-16(15)28-20(22)23)25-18(26)7-4-8-19-24-12-17(27-19)13-5-2-1-3-6-13/h1-3,5-6,9-12,20H,4,7-8H2,(H,25,26). The molecule has 8 heteroatoms. The van der Waals surface area contributed by atoms with Gasteiger partial charge in [-0.3, -0.25) is 4.79 Å². The maximum absolute atomic E-state index is 12.2. The van der Waals surface area contributed by atoms with E-state index in [0.717, 1.165) is 5.56 Å². The molecule has 0 radical (unpaired) electrons. The summed E-state index contributed by atoms with van der Waals surface area (Å²) in [4.78, 5) is 16.3. The third-order valence-corrected chi connectivity index (χ3v) is 4.13. The van der Waals surface area contributed by atoms with E-state index in [9.17, 15) is 13.6 Å². The number of hydrogen-bond donors (Lipinski definition) is 1. The summed E-state index contributed by atoms with van der Waals surface area (Å²) in [6.45, 7) is -2.96. The van der Waals surface area contributed by atoms with Gasteiger partial charge in [-0.25, -0.2) is 4.98 Å². The Hall–Kier alpha value is -2.93. The van der Waals surface area contributed by atoms with Crippen molar-refractivity contribution in [3.63, 3.8) is 0 Å². The third kappa shape index (κ3) is 5.53. The third-order valence-electron chi connectivity index (χ3n) is 3.84. The van der Waals surface area contributed by atoms with E-state index in [1.54, 1.807) is 6.20 Å². The van der Waals surface area contributed by atoms with E-state index in [2.05, 4.69) is 15.0 Å². The number of halogens is 3. The summed E-state index contributed by atoms with van der Waals surface area (Å²) < 4.78 is 34.4. The average molecular weight is 407 g/mol. The summed E-state index contributed by atoms with van der Waals surface area (Å²) >= 11 is 5.86. The predicted molar refractivity (Wildman–Crippen MR) is 102 cm³/mol. The van der Waals surface area contributed by atoms with Gasteiger partial charge in [0.2, 0.25) is 5.91 Å². The van der Waals surface area contributed by atoms with Gasteiger partial charge >= 0.3 is 6.61 Å². The number of amides is 1. The first kappa shape index (κ1) is 19.8. The smallest absolute Gasteiger partial charge is 0.387 e. The van der Waals surface area contributed by atoms with Crippen LogP contribution in [0.2, 0.25) is 5.02 Å². The number of aryl methyl sites for hydroxylation is 1.